The van der Waals surface area contributed by atoms with Crippen molar-refractivity contribution in [3.63, 3.8) is 0 Å². The Balaban J connectivity index is 1.58. The Bertz CT molecular complexity index is 1160. The molecular formula is C25H21FN2O3. The quantitative estimate of drug-likeness (QED) is 0.590. The number of anilines is 2. The highest BCUT2D eigenvalue weighted by Crippen LogP contribution is 2.47. The van der Waals surface area contributed by atoms with Crippen LogP contribution in [0.5, 0.6) is 0 Å². The van der Waals surface area contributed by atoms with Crippen molar-refractivity contribution in [3.8, 4) is 0 Å². The molecule has 2 aliphatic heterocycles. The molecule has 5 rings (SSSR count). The summed E-state index contributed by atoms with van der Waals surface area (Å²) >= 11 is 0. The molecule has 5 nitrogen and oxygen atoms in total. The van der Waals surface area contributed by atoms with Gasteiger partial charge in [-0.2, -0.15) is 0 Å². The zero-order chi connectivity index (χ0) is 21.7. The normalized spacial score (nSPS) is 22.9. The Labute approximate surface area is 179 Å². The van der Waals surface area contributed by atoms with E-state index in [4.69, 9.17) is 4.84 Å². The second-order valence-corrected chi connectivity index (χ2v) is 7.99. The lowest BCUT2D eigenvalue weighted by Crippen LogP contribution is -2.37. The van der Waals surface area contributed by atoms with Crippen LogP contribution in [0, 0.1) is 25.6 Å². The van der Waals surface area contributed by atoms with Crippen LogP contribution in [-0.2, 0) is 14.4 Å². The van der Waals surface area contributed by atoms with Gasteiger partial charge in [0, 0.05) is 0 Å². The predicted molar refractivity (Wildman–Crippen MR) is 115 cm³/mol. The predicted octanol–water partition coefficient (Wildman–Crippen LogP) is 4.49. The van der Waals surface area contributed by atoms with Gasteiger partial charge in [0.15, 0.2) is 6.10 Å². The summed E-state index contributed by atoms with van der Waals surface area (Å²) in [5.41, 5.74) is 4.06. The van der Waals surface area contributed by atoms with Gasteiger partial charge in [-0.05, 0) is 66.9 Å². The molecule has 3 aromatic rings. The average Bonchev–Trinajstić information content (AvgIpc) is 3.28. The van der Waals surface area contributed by atoms with Crippen molar-refractivity contribution in [1.82, 2.24) is 0 Å². The topological polar surface area (TPSA) is 49.9 Å². The summed E-state index contributed by atoms with van der Waals surface area (Å²) < 4.78 is 13.6. The third kappa shape index (κ3) is 3.11. The van der Waals surface area contributed by atoms with Crippen molar-refractivity contribution in [1.29, 1.82) is 0 Å². The first-order chi connectivity index (χ1) is 15.0. The zero-order valence-electron chi connectivity index (χ0n) is 17.2. The minimum atomic E-state index is -0.940. The third-order valence-corrected chi connectivity index (χ3v) is 6.09. The van der Waals surface area contributed by atoms with Gasteiger partial charge in [-0.1, -0.05) is 36.4 Å². The summed E-state index contributed by atoms with van der Waals surface area (Å²) in [6.07, 6.45) is -0.940. The van der Waals surface area contributed by atoms with E-state index in [-0.39, 0.29) is 17.6 Å². The lowest BCUT2D eigenvalue weighted by Gasteiger charge is -2.28. The van der Waals surface area contributed by atoms with E-state index in [0.717, 1.165) is 16.8 Å². The minimum Gasteiger partial charge on any atom is -0.273 e. The number of nitrogens with zero attached hydrogens (tertiary/aromatic N) is 2. The fourth-order valence-electron chi connectivity index (χ4n) is 4.33. The minimum absolute atomic E-state index is 0.314. The number of hydrogen-bond donors (Lipinski definition) is 0. The highest BCUT2D eigenvalue weighted by molar-refractivity contribution is 6.24. The van der Waals surface area contributed by atoms with E-state index in [1.807, 2.05) is 56.3 Å². The highest BCUT2D eigenvalue weighted by Gasteiger charge is 2.60. The Morgan fingerprint density at radius 3 is 2.19 bits per heavy atom. The van der Waals surface area contributed by atoms with Crippen LogP contribution in [0.2, 0.25) is 0 Å². The van der Waals surface area contributed by atoms with Crippen LogP contribution in [0.4, 0.5) is 15.8 Å². The molecule has 2 fully saturated rings. The summed E-state index contributed by atoms with van der Waals surface area (Å²) in [6, 6.07) is 20.3. The van der Waals surface area contributed by atoms with E-state index in [1.54, 1.807) is 23.3 Å². The van der Waals surface area contributed by atoms with Crippen LogP contribution in [0.25, 0.3) is 0 Å². The molecule has 0 spiro atoms. The SMILES string of the molecule is Cc1ccc(N2C(=O)[C@H]3[C@@H](ON(c4ccccc4)[C@H]3c3ccc(F)cc3)C2=O)cc1C. The number of hydroxylamine groups is 1. The molecule has 31 heavy (non-hydrogen) atoms. The molecule has 2 saturated heterocycles. The summed E-state index contributed by atoms with van der Waals surface area (Å²) in [6.45, 7) is 3.92. The average molecular weight is 416 g/mol. The Morgan fingerprint density at radius 2 is 1.52 bits per heavy atom. The molecule has 0 bridgehead atoms. The molecule has 2 heterocycles. The van der Waals surface area contributed by atoms with Crippen molar-refractivity contribution in [2.75, 3.05) is 9.96 Å². The molecule has 0 aromatic heterocycles. The number of imide groups is 1. The summed E-state index contributed by atoms with van der Waals surface area (Å²) in [7, 11) is 0. The fourth-order valence-corrected chi connectivity index (χ4v) is 4.33. The maximum atomic E-state index is 13.6. The van der Waals surface area contributed by atoms with Crippen molar-refractivity contribution in [2.24, 2.45) is 5.92 Å². The zero-order valence-corrected chi connectivity index (χ0v) is 17.2. The lowest BCUT2D eigenvalue weighted by atomic mass is 9.90. The Hall–Kier alpha value is -3.51. The van der Waals surface area contributed by atoms with Crippen molar-refractivity contribution in [2.45, 2.75) is 26.0 Å². The van der Waals surface area contributed by atoms with Crippen LogP contribution < -0.4 is 9.96 Å². The second-order valence-electron chi connectivity index (χ2n) is 7.99. The molecule has 2 aliphatic rings. The van der Waals surface area contributed by atoms with E-state index < -0.39 is 18.1 Å². The second kappa shape index (κ2) is 7.32. The smallest absolute Gasteiger partial charge is 0.266 e. The largest absolute Gasteiger partial charge is 0.273 e. The van der Waals surface area contributed by atoms with Crippen LogP contribution in [0.15, 0.2) is 72.8 Å². The third-order valence-electron chi connectivity index (χ3n) is 6.09. The van der Waals surface area contributed by atoms with Gasteiger partial charge in [0.25, 0.3) is 5.91 Å². The molecule has 6 heteroatoms. The Morgan fingerprint density at radius 1 is 0.806 bits per heavy atom. The molecule has 0 unspecified atom stereocenters. The lowest BCUT2D eigenvalue weighted by molar-refractivity contribution is -0.126. The maximum absolute atomic E-state index is 13.6. The first kappa shape index (κ1) is 19.5. The number of rotatable bonds is 3. The van der Waals surface area contributed by atoms with E-state index in [1.165, 1.54) is 17.0 Å². The monoisotopic (exact) mass is 416 g/mol. The number of hydrogen-bond acceptors (Lipinski definition) is 4. The number of para-hydroxylation sites is 1. The van der Waals surface area contributed by atoms with E-state index in [0.29, 0.717) is 11.3 Å². The number of fused-ring (bicyclic) bond motifs is 1. The standard InChI is InChI=1S/C25H21FN2O3/c1-15-8-13-20(14-16(15)2)27-24(29)21-22(17-9-11-18(26)12-10-17)28(31-23(21)25(27)30)19-6-4-3-5-7-19/h3-14,21-23H,1-2H3/t21-,22+,23-/m1/s1. The molecule has 0 saturated carbocycles. The van der Waals surface area contributed by atoms with Gasteiger partial charge in [0.2, 0.25) is 5.91 Å². The van der Waals surface area contributed by atoms with E-state index >= 15 is 0 Å². The van der Waals surface area contributed by atoms with Crippen molar-refractivity contribution < 1.29 is 18.8 Å². The number of amides is 2. The van der Waals surface area contributed by atoms with Crippen molar-refractivity contribution in [3.05, 3.63) is 95.3 Å². The Kier molecular flexibility index (Phi) is 4.59. The molecule has 3 aromatic carbocycles. The van der Waals surface area contributed by atoms with Gasteiger partial charge in [0.1, 0.15) is 11.7 Å². The van der Waals surface area contributed by atoms with Crippen LogP contribution in [0.3, 0.4) is 0 Å². The maximum Gasteiger partial charge on any atom is 0.266 e. The first-order valence-corrected chi connectivity index (χ1v) is 10.2. The van der Waals surface area contributed by atoms with Crippen LogP contribution in [-0.4, -0.2) is 17.9 Å². The molecule has 2 amide bonds. The van der Waals surface area contributed by atoms with Gasteiger partial charge >= 0.3 is 0 Å². The fraction of sp³-hybridized carbons (Fsp3) is 0.200. The van der Waals surface area contributed by atoms with Gasteiger partial charge in [-0.3, -0.25) is 14.4 Å². The summed E-state index contributed by atoms with van der Waals surface area (Å²) in [4.78, 5) is 34.1. The molecule has 0 radical (unpaired) electrons. The van der Waals surface area contributed by atoms with E-state index in [9.17, 15) is 14.0 Å². The van der Waals surface area contributed by atoms with Gasteiger partial charge in [-0.25, -0.2) is 14.4 Å². The molecule has 0 N–H and O–H groups in total. The molecule has 3 atom stereocenters. The van der Waals surface area contributed by atoms with Gasteiger partial charge in [-0.15, -0.1) is 0 Å². The number of benzene rings is 3. The highest BCUT2D eigenvalue weighted by atomic mass is 19.1. The number of halogens is 1. The van der Waals surface area contributed by atoms with Crippen LogP contribution >= 0.6 is 0 Å². The first-order valence-electron chi connectivity index (χ1n) is 10.2. The van der Waals surface area contributed by atoms with Gasteiger partial charge < -0.3 is 0 Å². The van der Waals surface area contributed by atoms with Crippen LogP contribution in [0.1, 0.15) is 22.7 Å². The summed E-state index contributed by atoms with van der Waals surface area (Å²) in [5, 5.41) is 1.61. The molecule has 0 aliphatic carbocycles. The molecular weight excluding hydrogens is 395 g/mol. The summed E-state index contributed by atoms with van der Waals surface area (Å²) in [5.74, 6) is -1.80. The number of aryl methyl sites for hydroxylation is 2. The van der Waals surface area contributed by atoms with E-state index in [2.05, 4.69) is 0 Å². The number of carbonyl (C=O) groups excluding carboxylic acids is 2. The molecule has 156 valence electrons. The van der Waals surface area contributed by atoms with Gasteiger partial charge in [0.05, 0.1) is 17.4 Å². The number of carbonyl (C=O) groups is 2. The van der Waals surface area contributed by atoms with Crippen molar-refractivity contribution >= 4 is 23.2 Å².